The molecule has 0 fully saturated rings. The van der Waals surface area contributed by atoms with Crippen molar-refractivity contribution < 1.29 is 9.53 Å². The van der Waals surface area contributed by atoms with Crippen LogP contribution in [0.3, 0.4) is 0 Å². The maximum absolute atomic E-state index is 11.8. The number of benzene rings is 2. The van der Waals surface area contributed by atoms with Gasteiger partial charge in [0.2, 0.25) is 0 Å². The van der Waals surface area contributed by atoms with Gasteiger partial charge in [-0.2, -0.15) is 0 Å². The highest BCUT2D eigenvalue weighted by atomic mass is 35.5. The van der Waals surface area contributed by atoms with E-state index in [2.05, 4.69) is 31.0 Å². The number of nitrogens with zero attached hydrogens (tertiary/aromatic N) is 3. The van der Waals surface area contributed by atoms with Crippen molar-refractivity contribution in [1.82, 2.24) is 15.0 Å². The molecule has 2 radical (unpaired) electrons. The van der Waals surface area contributed by atoms with Crippen molar-refractivity contribution in [2.45, 2.75) is 45.9 Å². The normalized spacial score (nSPS) is 13.0. The Morgan fingerprint density at radius 1 is 1.19 bits per heavy atom. The molecule has 3 aromatic rings. The summed E-state index contributed by atoms with van der Waals surface area (Å²) in [4.78, 5) is 13.3. The van der Waals surface area contributed by atoms with Gasteiger partial charge in [-0.1, -0.05) is 56.7 Å². The van der Waals surface area contributed by atoms with Crippen LogP contribution >= 0.6 is 11.6 Å². The van der Waals surface area contributed by atoms with Crippen LogP contribution in [-0.2, 0) is 10.2 Å². The smallest absolute Gasteiger partial charge is 0.308 e. The molecule has 0 saturated heterocycles. The highest BCUT2D eigenvalue weighted by Gasteiger charge is 2.26. The van der Waals surface area contributed by atoms with Gasteiger partial charge in [-0.3, -0.25) is 4.79 Å². The molecular weight excluding hydrogens is 361 g/mol. The van der Waals surface area contributed by atoms with E-state index in [-0.39, 0.29) is 11.2 Å². The molecule has 0 aliphatic rings. The van der Waals surface area contributed by atoms with Gasteiger partial charge in [0.1, 0.15) is 16.7 Å². The first kappa shape index (κ1) is 19.4. The largest absolute Gasteiger partial charge is 0.424 e. The van der Waals surface area contributed by atoms with Crippen molar-refractivity contribution in [2.24, 2.45) is 0 Å². The number of hydrogen-bond acceptors (Lipinski definition) is 4. The second-order valence-electron chi connectivity index (χ2n) is 7.67. The lowest BCUT2D eigenvalue weighted by Crippen LogP contribution is -2.18. The lowest BCUT2D eigenvalue weighted by atomic mass is 9.78. The van der Waals surface area contributed by atoms with E-state index in [0.717, 1.165) is 11.1 Å². The zero-order valence-corrected chi connectivity index (χ0v) is 16.8. The van der Waals surface area contributed by atoms with Gasteiger partial charge in [0.05, 0.1) is 7.85 Å². The number of ether oxygens (including phenoxy) is 1. The van der Waals surface area contributed by atoms with Crippen LogP contribution in [0.1, 0.15) is 51.6 Å². The SMILES string of the molecule is [B]C(C)c1cc(-n2nc3ccc(Cl)cc3n2)c(OC(C)=O)c(C(C)(C)C)c1. The summed E-state index contributed by atoms with van der Waals surface area (Å²) in [5.74, 6) is -0.170. The molecule has 0 amide bonds. The van der Waals surface area contributed by atoms with Crippen LogP contribution in [-0.4, -0.2) is 28.8 Å². The molecule has 0 saturated carbocycles. The van der Waals surface area contributed by atoms with E-state index in [1.54, 1.807) is 18.2 Å². The molecular formula is C20H21BClN3O2. The van der Waals surface area contributed by atoms with Crippen molar-refractivity contribution >= 4 is 36.4 Å². The molecule has 0 bridgehead atoms. The molecule has 1 unspecified atom stereocenters. The van der Waals surface area contributed by atoms with Gasteiger partial charge in [0.15, 0.2) is 5.75 Å². The topological polar surface area (TPSA) is 57.0 Å². The third-order valence-electron chi connectivity index (χ3n) is 4.23. The summed E-state index contributed by atoms with van der Waals surface area (Å²) in [6.07, 6.45) is 0. The first-order chi connectivity index (χ1) is 12.6. The molecule has 138 valence electrons. The number of halogens is 1. The number of rotatable bonds is 3. The molecule has 7 heteroatoms. The van der Waals surface area contributed by atoms with E-state index < -0.39 is 5.97 Å². The quantitative estimate of drug-likeness (QED) is 0.380. The fraction of sp³-hybridized carbons (Fsp3) is 0.350. The Kier molecular flexibility index (Phi) is 5.04. The predicted molar refractivity (Wildman–Crippen MR) is 108 cm³/mol. The van der Waals surface area contributed by atoms with Crippen LogP contribution in [0.25, 0.3) is 16.7 Å². The Hall–Kier alpha value is -2.34. The maximum Gasteiger partial charge on any atom is 0.308 e. The summed E-state index contributed by atoms with van der Waals surface area (Å²) >= 11 is 6.06. The lowest BCUT2D eigenvalue weighted by Gasteiger charge is -2.25. The van der Waals surface area contributed by atoms with Crippen LogP contribution in [0.4, 0.5) is 0 Å². The maximum atomic E-state index is 11.8. The van der Waals surface area contributed by atoms with Crippen molar-refractivity contribution in [3.8, 4) is 11.4 Å². The highest BCUT2D eigenvalue weighted by Crippen LogP contribution is 2.38. The van der Waals surface area contributed by atoms with Crippen LogP contribution < -0.4 is 4.74 Å². The fourth-order valence-electron chi connectivity index (χ4n) is 2.85. The van der Waals surface area contributed by atoms with Gasteiger partial charge in [0, 0.05) is 17.5 Å². The predicted octanol–water partition coefficient (Wildman–Crippen LogP) is 4.53. The summed E-state index contributed by atoms with van der Waals surface area (Å²) in [6, 6.07) is 9.14. The Balaban J connectivity index is 2.33. The Morgan fingerprint density at radius 2 is 1.85 bits per heavy atom. The number of aromatic nitrogens is 3. The van der Waals surface area contributed by atoms with Gasteiger partial charge < -0.3 is 4.74 Å². The van der Waals surface area contributed by atoms with Gasteiger partial charge >= 0.3 is 5.97 Å². The summed E-state index contributed by atoms with van der Waals surface area (Å²) in [7, 11) is 6.14. The van der Waals surface area contributed by atoms with Gasteiger partial charge in [0.25, 0.3) is 0 Å². The van der Waals surface area contributed by atoms with Crippen molar-refractivity contribution in [3.05, 3.63) is 46.5 Å². The van der Waals surface area contributed by atoms with Crippen molar-refractivity contribution in [3.63, 3.8) is 0 Å². The zero-order valence-electron chi connectivity index (χ0n) is 16.1. The van der Waals surface area contributed by atoms with E-state index in [4.69, 9.17) is 24.2 Å². The third-order valence-corrected chi connectivity index (χ3v) is 4.46. The van der Waals surface area contributed by atoms with E-state index in [0.29, 0.717) is 27.5 Å². The van der Waals surface area contributed by atoms with E-state index >= 15 is 0 Å². The Bertz CT molecular complexity index is 1020. The molecule has 27 heavy (non-hydrogen) atoms. The Labute approximate surface area is 165 Å². The number of fused-ring (bicyclic) bond motifs is 1. The van der Waals surface area contributed by atoms with Gasteiger partial charge in [-0.25, -0.2) is 0 Å². The average molecular weight is 382 g/mol. The molecule has 1 atom stereocenters. The van der Waals surface area contributed by atoms with Crippen molar-refractivity contribution in [2.75, 3.05) is 0 Å². The van der Waals surface area contributed by atoms with Gasteiger partial charge in [-0.15, -0.1) is 15.0 Å². The van der Waals surface area contributed by atoms with E-state index in [9.17, 15) is 4.79 Å². The molecule has 5 nitrogen and oxygen atoms in total. The van der Waals surface area contributed by atoms with Crippen LogP contribution in [0, 0.1) is 0 Å². The molecule has 2 aromatic carbocycles. The van der Waals surface area contributed by atoms with Crippen LogP contribution in [0.2, 0.25) is 5.02 Å². The number of hydrogen-bond donors (Lipinski definition) is 0. The monoisotopic (exact) mass is 381 g/mol. The highest BCUT2D eigenvalue weighted by molar-refractivity contribution is 6.31. The standard InChI is InChI=1S/C20H21BClN3O2/c1-11(21)13-8-15(20(3,4)5)19(27-12(2)26)18(9-13)25-23-16-7-6-14(22)10-17(16)24-25/h6-11H,1-5H3. The molecule has 0 aliphatic heterocycles. The number of carbonyl (C=O) groups is 1. The molecule has 1 aromatic heterocycles. The lowest BCUT2D eigenvalue weighted by molar-refractivity contribution is -0.131. The summed E-state index contributed by atoms with van der Waals surface area (Å²) < 4.78 is 5.61. The molecule has 0 spiro atoms. The summed E-state index contributed by atoms with van der Waals surface area (Å²) in [5.41, 5.74) is 3.40. The zero-order chi connectivity index (χ0) is 19.9. The van der Waals surface area contributed by atoms with Crippen LogP contribution in [0.5, 0.6) is 5.75 Å². The van der Waals surface area contributed by atoms with E-state index in [1.165, 1.54) is 11.7 Å². The summed E-state index contributed by atoms with van der Waals surface area (Å²) in [5, 5.41) is 9.63. The molecule has 0 N–H and O–H groups in total. The van der Waals surface area contributed by atoms with Crippen molar-refractivity contribution in [1.29, 1.82) is 0 Å². The average Bonchev–Trinajstić information content (AvgIpc) is 2.95. The number of carbonyl (C=O) groups excluding carboxylic acids is 1. The minimum absolute atomic E-state index is 0.198. The minimum Gasteiger partial charge on any atom is -0.424 e. The minimum atomic E-state index is -0.407. The Morgan fingerprint density at radius 3 is 2.44 bits per heavy atom. The summed E-state index contributed by atoms with van der Waals surface area (Å²) in [6.45, 7) is 9.44. The number of esters is 1. The van der Waals surface area contributed by atoms with Crippen LogP contribution in [0.15, 0.2) is 30.3 Å². The molecule has 3 rings (SSSR count). The second-order valence-corrected chi connectivity index (χ2v) is 8.11. The molecule has 0 aliphatic carbocycles. The molecule has 1 heterocycles. The fourth-order valence-corrected chi connectivity index (χ4v) is 3.02. The second kappa shape index (κ2) is 7.00. The first-order valence-electron chi connectivity index (χ1n) is 8.71. The van der Waals surface area contributed by atoms with Gasteiger partial charge in [-0.05, 0) is 29.7 Å². The first-order valence-corrected chi connectivity index (χ1v) is 9.09. The third kappa shape index (κ3) is 4.00. The van der Waals surface area contributed by atoms with E-state index in [1.807, 2.05) is 19.1 Å².